The Morgan fingerprint density at radius 3 is 2.86 bits per heavy atom. The molecule has 0 saturated heterocycles. The summed E-state index contributed by atoms with van der Waals surface area (Å²) in [5.74, 6) is 0. The fourth-order valence-electron chi connectivity index (χ4n) is 1.06. The van der Waals surface area contributed by atoms with Crippen LogP contribution in [0.15, 0.2) is 17.5 Å². The minimum atomic E-state index is -0.426. The fraction of sp³-hybridized carbons (Fsp3) is 0.500. The van der Waals surface area contributed by atoms with Crippen LogP contribution in [0.2, 0.25) is 0 Å². The van der Waals surface area contributed by atoms with Gasteiger partial charge in [-0.3, -0.25) is 5.32 Å². The van der Waals surface area contributed by atoms with E-state index in [0.29, 0.717) is 0 Å². The molecule has 1 unspecified atom stereocenters. The van der Waals surface area contributed by atoms with Crippen molar-refractivity contribution in [2.45, 2.75) is 25.4 Å². The molecule has 0 fully saturated rings. The van der Waals surface area contributed by atoms with Gasteiger partial charge < -0.3 is 5.11 Å². The molecule has 4 heteroatoms. The number of rotatable bonds is 4. The molecule has 1 rings (SSSR count). The lowest BCUT2D eigenvalue weighted by Gasteiger charge is -2.26. The maximum absolute atomic E-state index is 9.07. The quantitative estimate of drug-likeness (QED) is 0.795. The molecule has 0 bridgehead atoms. The van der Waals surface area contributed by atoms with E-state index in [9.17, 15) is 0 Å². The second-order valence-corrected chi connectivity index (χ2v) is 4.74. The number of nitrogens with one attached hydrogen (secondary N) is 1. The van der Waals surface area contributed by atoms with Crippen molar-refractivity contribution in [2.75, 3.05) is 6.61 Å². The molecule has 3 nitrogen and oxygen atoms in total. The van der Waals surface area contributed by atoms with Gasteiger partial charge >= 0.3 is 0 Å². The number of aliphatic hydroxyl groups is 1. The van der Waals surface area contributed by atoms with Crippen LogP contribution in [0.4, 0.5) is 0 Å². The van der Waals surface area contributed by atoms with Crippen molar-refractivity contribution in [1.82, 2.24) is 5.32 Å². The molecular weight excluding hydrogens is 196 g/mol. The largest absolute Gasteiger partial charge is 0.394 e. The molecule has 1 aromatic rings. The third-order valence-corrected chi connectivity index (χ3v) is 2.82. The van der Waals surface area contributed by atoms with Crippen LogP contribution >= 0.6 is 11.3 Å². The Balaban J connectivity index is 2.71. The Hall–Kier alpha value is -0.890. The summed E-state index contributed by atoms with van der Waals surface area (Å²) in [6.07, 6.45) is 0. The molecular formula is C10H14N2OS. The van der Waals surface area contributed by atoms with E-state index in [4.69, 9.17) is 10.4 Å². The fourth-order valence-corrected chi connectivity index (χ4v) is 1.78. The van der Waals surface area contributed by atoms with E-state index in [1.165, 1.54) is 0 Å². The van der Waals surface area contributed by atoms with E-state index in [0.717, 1.165) is 4.88 Å². The van der Waals surface area contributed by atoms with Crippen molar-refractivity contribution in [1.29, 1.82) is 5.26 Å². The molecule has 0 aliphatic rings. The number of hydrogen-bond acceptors (Lipinski definition) is 4. The Bertz CT molecular complexity index is 313. The first-order valence-electron chi connectivity index (χ1n) is 4.40. The van der Waals surface area contributed by atoms with Crippen LogP contribution in [0.25, 0.3) is 0 Å². The Kier molecular flexibility index (Phi) is 3.64. The lowest BCUT2D eigenvalue weighted by molar-refractivity contribution is 0.183. The molecule has 0 aliphatic heterocycles. The van der Waals surface area contributed by atoms with Gasteiger partial charge in [0.1, 0.15) is 6.04 Å². The zero-order valence-corrected chi connectivity index (χ0v) is 9.14. The molecule has 1 heterocycles. The van der Waals surface area contributed by atoms with Crippen LogP contribution in [0.1, 0.15) is 24.8 Å². The maximum Gasteiger partial charge on any atom is 0.131 e. The summed E-state index contributed by atoms with van der Waals surface area (Å²) in [5, 5.41) is 23.1. The average Bonchev–Trinajstić information content (AvgIpc) is 2.67. The third-order valence-electron chi connectivity index (χ3n) is 1.89. The molecule has 1 atom stereocenters. The lowest BCUT2D eigenvalue weighted by atomic mass is 10.1. The summed E-state index contributed by atoms with van der Waals surface area (Å²) >= 11 is 1.54. The molecule has 0 aliphatic carbocycles. The van der Waals surface area contributed by atoms with Crippen LogP contribution in [-0.4, -0.2) is 17.3 Å². The van der Waals surface area contributed by atoms with Gasteiger partial charge in [0.05, 0.1) is 12.7 Å². The highest BCUT2D eigenvalue weighted by Crippen LogP contribution is 2.20. The van der Waals surface area contributed by atoms with Gasteiger partial charge in [-0.15, -0.1) is 11.3 Å². The first-order valence-corrected chi connectivity index (χ1v) is 5.28. The van der Waals surface area contributed by atoms with E-state index in [-0.39, 0.29) is 12.6 Å². The number of hydrogen-bond donors (Lipinski definition) is 2. The Morgan fingerprint density at radius 2 is 2.43 bits per heavy atom. The number of nitriles is 1. The zero-order valence-electron chi connectivity index (χ0n) is 8.32. The van der Waals surface area contributed by atoms with Crippen LogP contribution < -0.4 is 5.32 Å². The number of thiophene rings is 1. The summed E-state index contributed by atoms with van der Waals surface area (Å²) < 4.78 is 0. The second kappa shape index (κ2) is 4.56. The summed E-state index contributed by atoms with van der Waals surface area (Å²) in [6, 6.07) is 5.68. The maximum atomic E-state index is 9.07. The van der Waals surface area contributed by atoms with Gasteiger partial charge in [0.2, 0.25) is 0 Å². The van der Waals surface area contributed by atoms with Crippen LogP contribution in [0, 0.1) is 11.3 Å². The molecule has 1 aromatic heterocycles. The highest BCUT2D eigenvalue weighted by molar-refractivity contribution is 7.10. The predicted molar refractivity (Wildman–Crippen MR) is 57.0 cm³/mol. The first kappa shape index (κ1) is 11.2. The average molecular weight is 210 g/mol. The smallest absolute Gasteiger partial charge is 0.131 e. The normalized spacial score (nSPS) is 13.6. The number of aliphatic hydroxyl groups excluding tert-OH is 1. The molecule has 0 aromatic carbocycles. The third kappa shape index (κ3) is 2.81. The van der Waals surface area contributed by atoms with Crippen LogP contribution in [0.5, 0.6) is 0 Å². The molecule has 76 valence electrons. The molecule has 0 saturated carbocycles. The van der Waals surface area contributed by atoms with Crippen LogP contribution in [-0.2, 0) is 0 Å². The molecule has 2 N–H and O–H groups in total. The van der Waals surface area contributed by atoms with Gasteiger partial charge in [0, 0.05) is 10.4 Å². The molecule has 0 spiro atoms. The monoisotopic (exact) mass is 210 g/mol. The van der Waals surface area contributed by atoms with Gasteiger partial charge in [0.25, 0.3) is 0 Å². The van der Waals surface area contributed by atoms with Gasteiger partial charge in [0.15, 0.2) is 0 Å². The number of nitrogens with zero attached hydrogens (tertiary/aromatic N) is 1. The van der Waals surface area contributed by atoms with Gasteiger partial charge in [-0.25, -0.2) is 0 Å². The predicted octanol–water partition coefficient (Wildman–Crippen LogP) is 1.67. The standard InChI is InChI=1S/C10H14N2OS/c1-10(2,7-13)12-8(6-11)9-4-3-5-14-9/h3-5,8,12-13H,7H2,1-2H3. The van der Waals surface area contributed by atoms with Gasteiger partial charge in [-0.05, 0) is 25.3 Å². The first-order chi connectivity index (χ1) is 6.59. The van der Waals surface area contributed by atoms with E-state index in [2.05, 4.69) is 11.4 Å². The second-order valence-electron chi connectivity index (χ2n) is 3.76. The summed E-state index contributed by atoms with van der Waals surface area (Å²) in [5.41, 5.74) is -0.426. The summed E-state index contributed by atoms with van der Waals surface area (Å²) in [6.45, 7) is 3.74. The van der Waals surface area contributed by atoms with Crippen molar-refractivity contribution in [3.63, 3.8) is 0 Å². The van der Waals surface area contributed by atoms with Crippen molar-refractivity contribution in [3.8, 4) is 6.07 Å². The summed E-state index contributed by atoms with van der Waals surface area (Å²) in [4.78, 5) is 0.981. The van der Waals surface area contributed by atoms with E-state index < -0.39 is 5.54 Å². The molecule has 0 amide bonds. The zero-order chi connectivity index (χ0) is 10.6. The summed E-state index contributed by atoms with van der Waals surface area (Å²) in [7, 11) is 0. The van der Waals surface area contributed by atoms with Gasteiger partial charge in [-0.1, -0.05) is 6.07 Å². The van der Waals surface area contributed by atoms with Crippen molar-refractivity contribution in [2.24, 2.45) is 0 Å². The molecule has 14 heavy (non-hydrogen) atoms. The van der Waals surface area contributed by atoms with Crippen LogP contribution in [0.3, 0.4) is 0 Å². The van der Waals surface area contributed by atoms with Crippen molar-refractivity contribution >= 4 is 11.3 Å². The van der Waals surface area contributed by atoms with Crippen molar-refractivity contribution in [3.05, 3.63) is 22.4 Å². The van der Waals surface area contributed by atoms with E-state index in [1.807, 2.05) is 31.4 Å². The van der Waals surface area contributed by atoms with E-state index >= 15 is 0 Å². The van der Waals surface area contributed by atoms with Crippen molar-refractivity contribution < 1.29 is 5.11 Å². The Morgan fingerprint density at radius 1 is 1.71 bits per heavy atom. The molecule has 0 radical (unpaired) electrons. The minimum Gasteiger partial charge on any atom is -0.394 e. The minimum absolute atomic E-state index is 0.0105. The highest BCUT2D eigenvalue weighted by atomic mass is 32.1. The topological polar surface area (TPSA) is 56.0 Å². The Labute approximate surface area is 88.0 Å². The van der Waals surface area contributed by atoms with E-state index in [1.54, 1.807) is 11.3 Å². The highest BCUT2D eigenvalue weighted by Gasteiger charge is 2.22. The SMILES string of the molecule is CC(C)(CO)NC(C#N)c1cccs1. The lowest BCUT2D eigenvalue weighted by Crippen LogP contribution is -2.44. The van der Waals surface area contributed by atoms with Gasteiger partial charge in [-0.2, -0.15) is 5.26 Å².